The molecule has 1 saturated heterocycles. The van der Waals surface area contributed by atoms with E-state index in [0.29, 0.717) is 19.3 Å². The van der Waals surface area contributed by atoms with Crippen molar-refractivity contribution in [3.8, 4) is 0 Å². The van der Waals surface area contributed by atoms with Crippen molar-refractivity contribution in [2.24, 2.45) is 0 Å². The summed E-state index contributed by atoms with van der Waals surface area (Å²) in [5, 5.41) is 13.2. The third-order valence-corrected chi connectivity index (χ3v) is 3.41. The van der Waals surface area contributed by atoms with Crippen LogP contribution in [0.4, 0.5) is 0 Å². The molecule has 0 radical (unpaired) electrons. The Kier molecular flexibility index (Phi) is 2.53. The lowest BCUT2D eigenvalue weighted by Gasteiger charge is -2.42. The Hall–Kier alpha value is -1.66. The Bertz CT molecular complexity index is 357. The van der Waals surface area contributed by atoms with Gasteiger partial charge in [-0.1, -0.05) is 0 Å². The fourth-order valence-corrected chi connectivity index (χ4v) is 2.48. The highest BCUT2D eigenvalue weighted by Gasteiger charge is 2.44. The zero-order valence-corrected chi connectivity index (χ0v) is 8.88. The number of carbonyl (C=O) groups is 2. The zero-order chi connectivity index (χ0) is 11.9. The van der Waals surface area contributed by atoms with Crippen molar-refractivity contribution in [3.05, 3.63) is 10.1 Å². The second kappa shape index (κ2) is 3.73. The maximum atomic E-state index is 11.4. The maximum Gasteiger partial charge on any atom is 0.311 e. The van der Waals surface area contributed by atoms with Gasteiger partial charge in [-0.15, -0.1) is 0 Å². The van der Waals surface area contributed by atoms with Crippen LogP contribution in [0.15, 0.2) is 0 Å². The summed E-state index contributed by atoms with van der Waals surface area (Å²) in [6.07, 6.45) is 1.33. The van der Waals surface area contributed by atoms with E-state index in [-0.39, 0.29) is 17.0 Å². The highest BCUT2D eigenvalue weighted by atomic mass is 16.6. The Morgan fingerprint density at radius 3 is 2.75 bits per heavy atom. The predicted octanol–water partition coefficient (Wildman–Crippen LogP) is -0.859. The molecule has 2 aliphatic rings. The molecule has 0 aromatic heterocycles. The Morgan fingerprint density at radius 2 is 2.12 bits per heavy atom. The van der Waals surface area contributed by atoms with Crippen LogP contribution in [-0.4, -0.2) is 46.8 Å². The van der Waals surface area contributed by atoms with Gasteiger partial charge in [0.15, 0.2) is 0 Å². The highest BCUT2D eigenvalue weighted by Crippen LogP contribution is 2.26. The van der Waals surface area contributed by atoms with Gasteiger partial charge in [-0.3, -0.25) is 19.7 Å². The molecule has 1 aliphatic heterocycles. The first-order valence-electron chi connectivity index (χ1n) is 5.22. The van der Waals surface area contributed by atoms with Crippen LogP contribution in [0.25, 0.3) is 0 Å². The van der Waals surface area contributed by atoms with Crippen molar-refractivity contribution in [1.29, 1.82) is 0 Å². The van der Waals surface area contributed by atoms with Gasteiger partial charge < -0.3 is 10.2 Å². The minimum atomic E-state index is -0.659. The summed E-state index contributed by atoms with van der Waals surface area (Å²) in [7, 11) is 1.57. The summed E-state index contributed by atoms with van der Waals surface area (Å²) in [4.78, 5) is 34.4. The monoisotopic (exact) mass is 227 g/mol. The standard InChI is InChI=1S/C9H13N3O4/c1-11-7-3-2-5(12(15)16)4-6(7)10-8(13)9(11)14/h5-7H,2-4H2,1H3,(H,10,13). The van der Waals surface area contributed by atoms with Crippen molar-refractivity contribution in [3.63, 3.8) is 0 Å². The second-order valence-electron chi connectivity index (χ2n) is 4.32. The molecule has 0 aromatic rings. The van der Waals surface area contributed by atoms with Gasteiger partial charge in [-0.05, 0) is 6.42 Å². The van der Waals surface area contributed by atoms with Crippen LogP contribution in [0.3, 0.4) is 0 Å². The fraction of sp³-hybridized carbons (Fsp3) is 0.778. The van der Waals surface area contributed by atoms with Crippen LogP contribution in [0, 0.1) is 10.1 Å². The van der Waals surface area contributed by atoms with E-state index in [4.69, 9.17) is 0 Å². The molecule has 88 valence electrons. The highest BCUT2D eigenvalue weighted by molar-refractivity contribution is 6.35. The molecule has 16 heavy (non-hydrogen) atoms. The quantitative estimate of drug-likeness (QED) is 0.358. The van der Waals surface area contributed by atoms with Gasteiger partial charge in [0.25, 0.3) is 0 Å². The maximum absolute atomic E-state index is 11.4. The van der Waals surface area contributed by atoms with Crippen molar-refractivity contribution in [1.82, 2.24) is 10.2 Å². The van der Waals surface area contributed by atoms with Gasteiger partial charge in [0, 0.05) is 24.8 Å². The Labute approximate surface area is 91.9 Å². The molecule has 1 N–H and O–H groups in total. The fourth-order valence-electron chi connectivity index (χ4n) is 2.48. The van der Waals surface area contributed by atoms with Gasteiger partial charge in [0.1, 0.15) is 0 Å². The minimum absolute atomic E-state index is 0.0959. The van der Waals surface area contributed by atoms with Crippen molar-refractivity contribution < 1.29 is 14.5 Å². The van der Waals surface area contributed by atoms with E-state index in [1.165, 1.54) is 4.90 Å². The van der Waals surface area contributed by atoms with E-state index in [0.717, 1.165) is 0 Å². The summed E-state index contributed by atoms with van der Waals surface area (Å²) < 4.78 is 0. The molecule has 3 unspecified atom stereocenters. The molecule has 7 nitrogen and oxygen atoms in total. The average molecular weight is 227 g/mol. The molecule has 2 rings (SSSR count). The summed E-state index contributed by atoms with van der Waals surface area (Å²) >= 11 is 0. The lowest BCUT2D eigenvalue weighted by atomic mass is 9.85. The van der Waals surface area contributed by atoms with Crippen LogP contribution in [0.1, 0.15) is 19.3 Å². The van der Waals surface area contributed by atoms with Crippen LogP contribution >= 0.6 is 0 Å². The molecule has 0 spiro atoms. The van der Waals surface area contributed by atoms with Gasteiger partial charge in [0.05, 0.1) is 12.1 Å². The summed E-state index contributed by atoms with van der Waals surface area (Å²) in [5.41, 5.74) is 0. The molecule has 0 bridgehead atoms. The van der Waals surface area contributed by atoms with Gasteiger partial charge in [0.2, 0.25) is 6.04 Å². The second-order valence-corrected chi connectivity index (χ2v) is 4.32. The van der Waals surface area contributed by atoms with Crippen LogP contribution in [-0.2, 0) is 9.59 Å². The molecule has 1 saturated carbocycles. The number of nitro groups is 1. The number of fused-ring (bicyclic) bond motifs is 1. The average Bonchev–Trinajstić information content (AvgIpc) is 2.25. The van der Waals surface area contributed by atoms with E-state index >= 15 is 0 Å². The number of piperazine rings is 1. The van der Waals surface area contributed by atoms with E-state index in [1.807, 2.05) is 0 Å². The van der Waals surface area contributed by atoms with Crippen LogP contribution < -0.4 is 5.32 Å². The number of rotatable bonds is 1. The number of carbonyl (C=O) groups excluding carboxylic acids is 2. The lowest BCUT2D eigenvalue weighted by Crippen LogP contribution is -2.64. The summed E-state index contributed by atoms with van der Waals surface area (Å²) in [6, 6.07) is -0.982. The Balaban J connectivity index is 2.12. The van der Waals surface area contributed by atoms with Crippen LogP contribution in [0.2, 0.25) is 0 Å². The lowest BCUT2D eigenvalue weighted by molar-refractivity contribution is -0.527. The number of hydrogen-bond acceptors (Lipinski definition) is 4. The largest absolute Gasteiger partial charge is 0.343 e. The first kappa shape index (κ1) is 10.8. The first-order chi connectivity index (χ1) is 7.50. The SMILES string of the molecule is CN1C(=O)C(=O)NC2CC([N+](=O)[O-])CCC21. The number of amides is 2. The van der Waals surface area contributed by atoms with Crippen molar-refractivity contribution in [2.75, 3.05) is 7.05 Å². The normalized spacial score (nSPS) is 34.3. The van der Waals surface area contributed by atoms with E-state index < -0.39 is 17.9 Å². The number of likely N-dealkylation sites (N-methyl/N-ethyl adjacent to an activating group) is 1. The molecular weight excluding hydrogens is 214 g/mol. The third-order valence-electron chi connectivity index (χ3n) is 3.41. The molecule has 3 atom stereocenters. The van der Waals surface area contributed by atoms with Gasteiger partial charge in [-0.2, -0.15) is 0 Å². The van der Waals surface area contributed by atoms with E-state index in [2.05, 4.69) is 5.32 Å². The smallest absolute Gasteiger partial charge is 0.311 e. The number of nitrogens with one attached hydrogen (secondary N) is 1. The Morgan fingerprint density at radius 1 is 1.44 bits per heavy atom. The summed E-state index contributed by atoms with van der Waals surface area (Å²) in [5.74, 6) is -1.21. The topological polar surface area (TPSA) is 92.6 Å². The summed E-state index contributed by atoms with van der Waals surface area (Å²) in [6.45, 7) is 0. The number of nitrogens with zero attached hydrogens (tertiary/aromatic N) is 2. The molecule has 7 heteroatoms. The molecule has 1 aliphatic carbocycles. The molecular formula is C9H13N3O4. The van der Waals surface area contributed by atoms with Crippen LogP contribution in [0.5, 0.6) is 0 Å². The predicted molar refractivity (Wildman–Crippen MR) is 53.1 cm³/mol. The van der Waals surface area contributed by atoms with Gasteiger partial charge >= 0.3 is 11.8 Å². The number of hydrogen-bond donors (Lipinski definition) is 1. The van der Waals surface area contributed by atoms with Crippen molar-refractivity contribution >= 4 is 11.8 Å². The minimum Gasteiger partial charge on any atom is -0.343 e. The molecule has 2 amide bonds. The van der Waals surface area contributed by atoms with Gasteiger partial charge in [-0.25, -0.2) is 0 Å². The first-order valence-corrected chi connectivity index (χ1v) is 5.22. The van der Waals surface area contributed by atoms with Crippen molar-refractivity contribution in [2.45, 2.75) is 37.4 Å². The zero-order valence-electron chi connectivity index (χ0n) is 8.88. The molecule has 1 heterocycles. The van der Waals surface area contributed by atoms with E-state index in [9.17, 15) is 19.7 Å². The third kappa shape index (κ3) is 1.62. The van der Waals surface area contributed by atoms with E-state index in [1.54, 1.807) is 7.05 Å². The molecule has 2 fully saturated rings. The molecule has 0 aromatic carbocycles.